The Morgan fingerprint density at radius 3 is 2.42 bits per heavy atom. The Balaban J connectivity index is 2.09. The lowest BCUT2D eigenvalue weighted by molar-refractivity contribution is 0.640. The van der Waals surface area contributed by atoms with Crippen LogP contribution >= 0.6 is 0 Å². The van der Waals surface area contributed by atoms with Gasteiger partial charge in [-0.25, -0.2) is 0 Å². The average Bonchev–Trinajstić information content (AvgIpc) is 2.88. The molecule has 0 heterocycles. The molecule has 0 bridgehead atoms. The van der Waals surface area contributed by atoms with Crippen LogP contribution in [0.1, 0.15) is 42.5 Å². The molecule has 0 aromatic heterocycles. The van der Waals surface area contributed by atoms with Crippen molar-refractivity contribution in [1.29, 1.82) is 0 Å². The highest BCUT2D eigenvalue weighted by molar-refractivity contribution is 5.58. The lowest BCUT2D eigenvalue weighted by Crippen LogP contribution is -2.19. The Hall–Kier alpha value is -1.76. The van der Waals surface area contributed by atoms with E-state index in [-0.39, 0.29) is 5.41 Å². The third-order valence-electron chi connectivity index (χ3n) is 4.47. The molecule has 0 saturated heterocycles. The van der Waals surface area contributed by atoms with E-state index in [1.807, 2.05) is 0 Å². The summed E-state index contributed by atoms with van der Waals surface area (Å²) < 4.78 is 0. The number of nitrogens with two attached hydrogens (primary N) is 1. The molecule has 0 fully saturated rings. The number of fused-ring (bicyclic) bond motifs is 1. The van der Waals surface area contributed by atoms with Gasteiger partial charge in [0.2, 0.25) is 0 Å². The molecule has 3 rings (SSSR count). The van der Waals surface area contributed by atoms with Gasteiger partial charge < -0.3 is 5.73 Å². The minimum Gasteiger partial charge on any atom is -0.398 e. The molecule has 0 radical (unpaired) electrons. The molecule has 0 atom stereocenters. The number of benzene rings is 2. The number of anilines is 1. The molecule has 0 spiro atoms. The number of rotatable bonds is 2. The Labute approximate surface area is 115 Å². The van der Waals surface area contributed by atoms with Crippen LogP contribution in [0.3, 0.4) is 0 Å². The van der Waals surface area contributed by atoms with Gasteiger partial charge in [-0.05, 0) is 47.6 Å². The smallest absolute Gasteiger partial charge is 0.0352 e. The first-order valence-electron chi connectivity index (χ1n) is 7.06. The summed E-state index contributed by atoms with van der Waals surface area (Å²) in [6, 6.07) is 15.2. The minimum absolute atomic E-state index is 0.00694. The molecule has 1 heteroatoms. The Morgan fingerprint density at radius 2 is 1.68 bits per heavy atom. The van der Waals surface area contributed by atoms with Crippen LogP contribution in [0.4, 0.5) is 5.69 Å². The molecule has 0 unspecified atom stereocenters. The SMILES string of the molecule is CC(C)(c1ccccc1)c1cc(N)c2c(c1)CCC2. The standard InChI is InChI=1S/C18H21N/c1-18(2,14-8-4-3-5-9-14)15-11-13-7-6-10-16(13)17(19)12-15/h3-5,8-9,11-12H,6-7,10,19H2,1-2H3. The van der Waals surface area contributed by atoms with Gasteiger partial charge in [0.15, 0.2) is 0 Å². The minimum atomic E-state index is 0.00694. The average molecular weight is 251 g/mol. The van der Waals surface area contributed by atoms with Crippen molar-refractivity contribution in [3.05, 3.63) is 64.7 Å². The molecule has 2 aromatic rings. The first-order valence-corrected chi connectivity index (χ1v) is 7.06. The van der Waals surface area contributed by atoms with E-state index in [9.17, 15) is 0 Å². The molecule has 98 valence electrons. The van der Waals surface area contributed by atoms with Crippen LogP contribution in [0.5, 0.6) is 0 Å². The van der Waals surface area contributed by atoms with Crippen molar-refractivity contribution in [1.82, 2.24) is 0 Å². The third kappa shape index (κ3) is 2.03. The lowest BCUT2D eigenvalue weighted by atomic mass is 9.77. The third-order valence-corrected chi connectivity index (χ3v) is 4.47. The van der Waals surface area contributed by atoms with Crippen molar-refractivity contribution in [2.24, 2.45) is 0 Å². The summed E-state index contributed by atoms with van der Waals surface area (Å²) >= 11 is 0. The van der Waals surface area contributed by atoms with Gasteiger partial charge in [-0.1, -0.05) is 50.2 Å². The largest absolute Gasteiger partial charge is 0.398 e. The maximum Gasteiger partial charge on any atom is 0.0352 e. The van der Waals surface area contributed by atoms with E-state index < -0.39 is 0 Å². The molecule has 0 saturated carbocycles. The van der Waals surface area contributed by atoms with Gasteiger partial charge in [-0.15, -0.1) is 0 Å². The van der Waals surface area contributed by atoms with Gasteiger partial charge in [0.25, 0.3) is 0 Å². The summed E-state index contributed by atoms with van der Waals surface area (Å²) in [4.78, 5) is 0. The van der Waals surface area contributed by atoms with Crippen LogP contribution in [0, 0.1) is 0 Å². The van der Waals surface area contributed by atoms with Gasteiger partial charge in [0.1, 0.15) is 0 Å². The number of nitrogen functional groups attached to an aromatic ring is 1. The number of aryl methyl sites for hydroxylation is 1. The van der Waals surface area contributed by atoms with Gasteiger partial charge >= 0.3 is 0 Å². The van der Waals surface area contributed by atoms with Crippen LogP contribution in [-0.2, 0) is 18.3 Å². The summed E-state index contributed by atoms with van der Waals surface area (Å²) in [6.07, 6.45) is 3.57. The summed E-state index contributed by atoms with van der Waals surface area (Å²) in [6.45, 7) is 4.55. The van der Waals surface area contributed by atoms with Crippen LogP contribution in [-0.4, -0.2) is 0 Å². The normalized spacial score (nSPS) is 14.4. The van der Waals surface area contributed by atoms with Crippen LogP contribution in [0.15, 0.2) is 42.5 Å². The van der Waals surface area contributed by atoms with Crippen LogP contribution in [0.2, 0.25) is 0 Å². The molecule has 19 heavy (non-hydrogen) atoms. The van der Waals surface area contributed by atoms with E-state index in [0.29, 0.717) is 0 Å². The molecule has 2 aromatic carbocycles. The van der Waals surface area contributed by atoms with Gasteiger partial charge in [0.05, 0.1) is 0 Å². The highest BCUT2D eigenvalue weighted by Gasteiger charge is 2.25. The first-order chi connectivity index (χ1) is 9.09. The summed E-state index contributed by atoms with van der Waals surface area (Å²) in [5.41, 5.74) is 12.7. The fraction of sp³-hybridized carbons (Fsp3) is 0.333. The van der Waals surface area contributed by atoms with Crippen LogP contribution < -0.4 is 5.73 Å². The molecule has 2 N–H and O–H groups in total. The molecule has 0 aliphatic heterocycles. The van der Waals surface area contributed by atoms with Gasteiger partial charge in [-0.2, -0.15) is 0 Å². The zero-order chi connectivity index (χ0) is 13.5. The maximum absolute atomic E-state index is 6.25. The molecule has 1 nitrogen and oxygen atoms in total. The van der Waals surface area contributed by atoms with Crippen molar-refractivity contribution in [2.45, 2.75) is 38.5 Å². The maximum atomic E-state index is 6.25. The van der Waals surface area contributed by atoms with E-state index in [2.05, 4.69) is 56.3 Å². The highest BCUT2D eigenvalue weighted by Crippen LogP contribution is 2.37. The summed E-state index contributed by atoms with van der Waals surface area (Å²) in [7, 11) is 0. The van der Waals surface area contributed by atoms with Crippen LogP contribution in [0.25, 0.3) is 0 Å². The Kier molecular flexibility index (Phi) is 2.85. The number of hydrogen-bond donors (Lipinski definition) is 1. The van der Waals surface area contributed by atoms with E-state index >= 15 is 0 Å². The second kappa shape index (κ2) is 4.41. The second-order valence-electron chi connectivity index (χ2n) is 6.05. The highest BCUT2D eigenvalue weighted by atomic mass is 14.6. The van der Waals surface area contributed by atoms with Crippen molar-refractivity contribution < 1.29 is 0 Å². The fourth-order valence-electron chi connectivity index (χ4n) is 3.12. The van der Waals surface area contributed by atoms with Gasteiger partial charge in [-0.3, -0.25) is 0 Å². The zero-order valence-electron chi connectivity index (χ0n) is 11.7. The molecular weight excluding hydrogens is 230 g/mol. The number of hydrogen-bond acceptors (Lipinski definition) is 1. The molecule has 1 aliphatic rings. The Morgan fingerprint density at radius 1 is 0.947 bits per heavy atom. The van der Waals surface area contributed by atoms with Gasteiger partial charge in [0, 0.05) is 11.1 Å². The van der Waals surface area contributed by atoms with E-state index in [1.54, 1.807) is 0 Å². The topological polar surface area (TPSA) is 26.0 Å². The van der Waals surface area contributed by atoms with Crippen molar-refractivity contribution in [3.63, 3.8) is 0 Å². The molecule has 0 amide bonds. The second-order valence-corrected chi connectivity index (χ2v) is 6.05. The molecular formula is C18H21N. The van der Waals surface area contributed by atoms with E-state index in [4.69, 9.17) is 5.73 Å². The summed E-state index contributed by atoms with van der Waals surface area (Å²) in [5.74, 6) is 0. The quantitative estimate of drug-likeness (QED) is 0.799. The Bertz CT molecular complexity index is 597. The fourth-order valence-corrected chi connectivity index (χ4v) is 3.12. The summed E-state index contributed by atoms with van der Waals surface area (Å²) in [5, 5.41) is 0. The molecule has 1 aliphatic carbocycles. The lowest BCUT2D eigenvalue weighted by Gasteiger charge is -2.27. The van der Waals surface area contributed by atoms with Crippen molar-refractivity contribution in [2.75, 3.05) is 5.73 Å². The predicted octanol–water partition coefficient (Wildman–Crippen LogP) is 4.08. The monoisotopic (exact) mass is 251 g/mol. The van der Waals surface area contributed by atoms with E-state index in [1.165, 1.54) is 35.1 Å². The predicted molar refractivity (Wildman–Crippen MR) is 81.4 cm³/mol. The zero-order valence-corrected chi connectivity index (χ0v) is 11.7. The van der Waals surface area contributed by atoms with Crippen molar-refractivity contribution >= 4 is 5.69 Å². The van der Waals surface area contributed by atoms with Crippen molar-refractivity contribution in [3.8, 4) is 0 Å². The first kappa shape index (κ1) is 12.3. The van der Waals surface area contributed by atoms with E-state index in [0.717, 1.165) is 12.1 Å².